The van der Waals surface area contributed by atoms with Crippen LogP contribution in [0.5, 0.6) is 5.75 Å². The topological polar surface area (TPSA) is 12.5 Å². The van der Waals surface area contributed by atoms with Crippen molar-refractivity contribution >= 4 is 0 Å². The van der Waals surface area contributed by atoms with Gasteiger partial charge in [-0.15, -0.1) is 0 Å². The molecule has 0 radical (unpaired) electrons. The minimum atomic E-state index is -0.198. The van der Waals surface area contributed by atoms with Crippen LogP contribution in [0.15, 0.2) is 48.5 Å². The van der Waals surface area contributed by atoms with Crippen LogP contribution in [0.3, 0.4) is 0 Å². The standard InChI is InChI=1S/C17H20FNO/c1-13(15-7-9-16(18)10-8-15)19(2)12-14-5-4-6-17(11-14)20-3/h4-11,13H,12H2,1-3H3/t13-/m0/s1. The first-order valence-corrected chi connectivity index (χ1v) is 6.69. The number of nitrogens with zero attached hydrogens (tertiary/aromatic N) is 1. The van der Waals surface area contributed by atoms with Crippen molar-refractivity contribution in [3.8, 4) is 5.75 Å². The maximum absolute atomic E-state index is 13.0. The predicted octanol–water partition coefficient (Wildman–Crippen LogP) is 4.03. The summed E-state index contributed by atoms with van der Waals surface area (Å²) in [6, 6.07) is 14.9. The molecule has 0 spiro atoms. The van der Waals surface area contributed by atoms with Crippen molar-refractivity contribution in [3.63, 3.8) is 0 Å². The molecule has 0 saturated carbocycles. The van der Waals surface area contributed by atoms with Crippen molar-refractivity contribution in [1.82, 2.24) is 4.90 Å². The average molecular weight is 273 g/mol. The Morgan fingerprint density at radius 2 is 1.85 bits per heavy atom. The second kappa shape index (κ2) is 6.53. The van der Waals surface area contributed by atoms with Crippen LogP contribution in [0.1, 0.15) is 24.1 Å². The van der Waals surface area contributed by atoms with Gasteiger partial charge in [-0.05, 0) is 49.4 Å². The van der Waals surface area contributed by atoms with Gasteiger partial charge in [0.1, 0.15) is 11.6 Å². The smallest absolute Gasteiger partial charge is 0.123 e. The predicted molar refractivity (Wildman–Crippen MR) is 79.3 cm³/mol. The van der Waals surface area contributed by atoms with Crippen LogP contribution >= 0.6 is 0 Å². The van der Waals surface area contributed by atoms with E-state index in [0.717, 1.165) is 17.9 Å². The monoisotopic (exact) mass is 273 g/mol. The van der Waals surface area contributed by atoms with Crippen LogP contribution in [0.2, 0.25) is 0 Å². The number of rotatable bonds is 5. The molecule has 0 saturated heterocycles. The molecular formula is C17H20FNO. The molecule has 2 nitrogen and oxygen atoms in total. The Bertz CT molecular complexity index is 553. The van der Waals surface area contributed by atoms with E-state index in [1.165, 1.54) is 17.7 Å². The van der Waals surface area contributed by atoms with Crippen molar-refractivity contribution < 1.29 is 9.13 Å². The number of halogens is 1. The SMILES string of the molecule is COc1cccc(CN(C)[C@@H](C)c2ccc(F)cc2)c1. The van der Waals surface area contributed by atoms with Gasteiger partial charge in [-0.2, -0.15) is 0 Å². The summed E-state index contributed by atoms with van der Waals surface area (Å²) in [6.07, 6.45) is 0. The van der Waals surface area contributed by atoms with E-state index in [2.05, 4.69) is 24.9 Å². The summed E-state index contributed by atoms with van der Waals surface area (Å²) < 4.78 is 18.2. The zero-order valence-corrected chi connectivity index (χ0v) is 12.1. The number of hydrogen-bond acceptors (Lipinski definition) is 2. The van der Waals surface area contributed by atoms with Gasteiger partial charge in [0.05, 0.1) is 7.11 Å². The molecule has 0 aliphatic carbocycles. The molecule has 0 aromatic heterocycles. The lowest BCUT2D eigenvalue weighted by Gasteiger charge is -2.25. The van der Waals surface area contributed by atoms with Crippen molar-refractivity contribution in [1.29, 1.82) is 0 Å². The second-order valence-electron chi connectivity index (χ2n) is 4.99. The Hall–Kier alpha value is -1.87. The number of hydrogen-bond donors (Lipinski definition) is 0. The van der Waals surface area contributed by atoms with Crippen LogP contribution < -0.4 is 4.74 Å². The third-order valence-corrected chi connectivity index (χ3v) is 3.58. The maximum atomic E-state index is 13.0. The molecule has 0 N–H and O–H groups in total. The molecule has 2 aromatic carbocycles. The number of ether oxygens (including phenoxy) is 1. The Kier molecular flexibility index (Phi) is 4.74. The van der Waals surface area contributed by atoms with E-state index in [1.807, 2.05) is 30.3 Å². The van der Waals surface area contributed by atoms with E-state index < -0.39 is 0 Å². The molecule has 1 atom stereocenters. The zero-order valence-electron chi connectivity index (χ0n) is 12.1. The highest BCUT2D eigenvalue weighted by Crippen LogP contribution is 2.22. The van der Waals surface area contributed by atoms with Crippen molar-refractivity contribution in [2.24, 2.45) is 0 Å². The first-order valence-electron chi connectivity index (χ1n) is 6.69. The summed E-state index contributed by atoms with van der Waals surface area (Å²) in [5.41, 5.74) is 2.30. The lowest BCUT2D eigenvalue weighted by molar-refractivity contribution is 0.252. The van der Waals surface area contributed by atoms with Crippen LogP contribution in [0, 0.1) is 5.82 Å². The lowest BCUT2D eigenvalue weighted by Crippen LogP contribution is -2.21. The minimum Gasteiger partial charge on any atom is -0.497 e. The van der Waals surface area contributed by atoms with Crippen LogP contribution in [-0.4, -0.2) is 19.1 Å². The molecule has 106 valence electrons. The second-order valence-corrected chi connectivity index (χ2v) is 4.99. The van der Waals surface area contributed by atoms with E-state index in [1.54, 1.807) is 7.11 Å². The first kappa shape index (κ1) is 14.5. The highest BCUT2D eigenvalue weighted by molar-refractivity contribution is 5.28. The van der Waals surface area contributed by atoms with Crippen molar-refractivity contribution in [2.75, 3.05) is 14.2 Å². The van der Waals surface area contributed by atoms with Gasteiger partial charge in [0.15, 0.2) is 0 Å². The number of benzene rings is 2. The summed E-state index contributed by atoms with van der Waals surface area (Å²) in [7, 11) is 3.73. The van der Waals surface area contributed by atoms with Gasteiger partial charge in [-0.1, -0.05) is 24.3 Å². The molecule has 2 aromatic rings. The maximum Gasteiger partial charge on any atom is 0.123 e. The fourth-order valence-electron chi connectivity index (χ4n) is 2.19. The van der Waals surface area contributed by atoms with E-state index in [-0.39, 0.29) is 11.9 Å². The average Bonchev–Trinajstić information content (AvgIpc) is 2.47. The molecular weight excluding hydrogens is 253 g/mol. The molecule has 0 aliphatic heterocycles. The van der Waals surface area contributed by atoms with Gasteiger partial charge in [-0.3, -0.25) is 4.90 Å². The summed E-state index contributed by atoms with van der Waals surface area (Å²) in [5, 5.41) is 0. The minimum absolute atomic E-state index is 0.198. The van der Waals surface area contributed by atoms with Gasteiger partial charge in [0.25, 0.3) is 0 Å². The summed E-state index contributed by atoms with van der Waals surface area (Å²) in [4.78, 5) is 2.22. The molecule has 0 aliphatic rings. The molecule has 2 rings (SSSR count). The number of methoxy groups -OCH3 is 1. The fraction of sp³-hybridized carbons (Fsp3) is 0.294. The van der Waals surface area contributed by atoms with Gasteiger partial charge >= 0.3 is 0 Å². The van der Waals surface area contributed by atoms with Crippen molar-refractivity contribution in [3.05, 3.63) is 65.5 Å². The quantitative estimate of drug-likeness (QED) is 0.815. The molecule has 0 amide bonds. The lowest BCUT2D eigenvalue weighted by atomic mass is 10.1. The van der Waals surface area contributed by atoms with Crippen LogP contribution in [0.25, 0.3) is 0 Å². The molecule has 20 heavy (non-hydrogen) atoms. The highest BCUT2D eigenvalue weighted by Gasteiger charge is 2.12. The first-order chi connectivity index (χ1) is 9.60. The molecule has 0 heterocycles. The van der Waals surface area contributed by atoms with Gasteiger partial charge < -0.3 is 4.74 Å². The third kappa shape index (κ3) is 3.58. The molecule has 0 bridgehead atoms. The normalized spacial score (nSPS) is 12.4. The van der Waals surface area contributed by atoms with E-state index in [9.17, 15) is 4.39 Å². The van der Waals surface area contributed by atoms with Gasteiger partial charge in [0.2, 0.25) is 0 Å². The molecule has 3 heteroatoms. The summed E-state index contributed by atoms with van der Waals surface area (Å²) in [6.45, 7) is 2.93. The van der Waals surface area contributed by atoms with Crippen LogP contribution in [0.4, 0.5) is 4.39 Å². The Labute approximate surface area is 119 Å². The van der Waals surface area contributed by atoms with E-state index in [4.69, 9.17) is 4.74 Å². The van der Waals surface area contributed by atoms with Gasteiger partial charge in [0, 0.05) is 12.6 Å². The van der Waals surface area contributed by atoms with E-state index in [0.29, 0.717) is 0 Å². The Morgan fingerprint density at radius 1 is 1.15 bits per heavy atom. The fourth-order valence-corrected chi connectivity index (χ4v) is 2.19. The van der Waals surface area contributed by atoms with Crippen LogP contribution in [-0.2, 0) is 6.54 Å². The Balaban J connectivity index is 2.06. The highest BCUT2D eigenvalue weighted by atomic mass is 19.1. The summed E-state index contributed by atoms with van der Waals surface area (Å²) >= 11 is 0. The van der Waals surface area contributed by atoms with E-state index >= 15 is 0 Å². The summed E-state index contributed by atoms with van der Waals surface area (Å²) in [5.74, 6) is 0.668. The molecule has 0 unspecified atom stereocenters. The van der Waals surface area contributed by atoms with Gasteiger partial charge in [-0.25, -0.2) is 4.39 Å². The largest absolute Gasteiger partial charge is 0.497 e. The molecule has 0 fully saturated rings. The Morgan fingerprint density at radius 3 is 2.50 bits per heavy atom. The zero-order chi connectivity index (χ0) is 14.5. The third-order valence-electron chi connectivity index (χ3n) is 3.58. The van der Waals surface area contributed by atoms with Crippen molar-refractivity contribution in [2.45, 2.75) is 19.5 Å².